The molecule has 0 N–H and O–H groups in total. The van der Waals surface area contributed by atoms with E-state index in [4.69, 9.17) is 23.2 Å². The van der Waals surface area contributed by atoms with Crippen molar-refractivity contribution in [3.8, 4) is 6.07 Å². The number of alkyl halides is 3. The smallest absolute Gasteiger partial charge is 0.336 e. The summed E-state index contributed by atoms with van der Waals surface area (Å²) in [5.74, 6) is -1.74. The van der Waals surface area contributed by atoms with Crippen LogP contribution in [0.3, 0.4) is 0 Å². The van der Waals surface area contributed by atoms with E-state index in [0.717, 1.165) is 17.7 Å². The number of carbonyl (C=O) groups excluding carboxylic acids is 1. The van der Waals surface area contributed by atoms with Crippen LogP contribution < -0.4 is 0 Å². The van der Waals surface area contributed by atoms with Crippen LogP contribution in [0.1, 0.15) is 44.1 Å². The number of nitrogens with zero attached hydrogens (tertiary/aromatic N) is 3. The van der Waals surface area contributed by atoms with Crippen molar-refractivity contribution < 1.29 is 22.4 Å². The number of carbonyl (C=O) groups is 1. The lowest BCUT2D eigenvalue weighted by molar-refractivity contribution is -0.140. The quantitative estimate of drug-likeness (QED) is 0.312. The first-order valence-electron chi connectivity index (χ1n) is 11.7. The van der Waals surface area contributed by atoms with Crippen molar-refractivity contribution in [1.29, 1.82) is 5.26 Å². The van der Waals surface area contributed by atoms with Crippen LogP contribution in [-0.2, 0) is 12.7 Å². The Bertz CT molecular complexity index is 1420. The van der Waals surface area contributed by atoms with Crippen molar-refractivity contribution in [2.24, 2.45) is 0 Å². The van der Waals surface area contributed by atoms with Crippen LogP contribution in [0.25, 0.3) is 0 Å². The number of nitriles is 1. The van der Waals surface area contributed by atoms with Gasteiger partial charge in [-0.3, -0.25) is 9.69 Å². The minimum Gasteiger partial charge on any atom is -0.336 e. The van der Waals surface area contributed by atoms with E-state index in [9.17, 15) is 27.6 Å². The number of hydrogen-bond acceptors (Lipinski definition) is 3. The summed E-state index contributed by atoms with van der Waals surface area (Å²) in [6.07, 6.45) is -4.77. The summed E-state index contributed by atoms with van der Waals surface area (Å²) in [6, 6.07) is 14.9. The molecule has 1 amide bonds. The van der Waals surface area contributed by atoms with Gasteiger partial charge in [0.15, 0.2) is 0 Å². The van der Waals surface area contributed by atoms with Crippen LogP contribution in [0.2, 0.25) is 10.0 Å². The molecule has 1 heterocycles. The summed E-state index contributed by atoms with van der Waals surface area (Å²) >= 11 is 12.4. The highest BCUT2D eigenvalue weighted by Crippen LogP contribution is 2.36. The molecule has 1 fully saturated rings. The molecule has 198 valence electrons. The van der Waals surface area contributed by atoms with Gasteiger partial charge in [-0.2, -0.15) is 18.4 Å². The molecule has 4 rings (SSSR count). The van der Waals surface area contributed by atoms with E-state index in [1.807, 2.05) is 11.0 Å². The normalized spacial score (nSPS) is 17.6. The molecule has 1 saturated heterocycles. The highest BCUT2D eigenvalue weighted by molar-refractivity contribution is 6.42. The second-order valence-corrected chi connectivity index (χ2v) is 10.2. The summed E-state index contributed by atoms with van der Waals surface area (Å²) in [6.45, 7) is 2.60. The third-order valence-electron chi connectivity index (χ3n) is 6.88. The van der Waals surface area contributed by atoms with Gasteiger partial charge in [-0.1, -0.05) is 35.3 Å². The second-order valence-electron chi connectivity index (χ2n) is 9.43. The molecule has 2 atom stereocenters. The van der Waals surface area contributed by atoms with Gasteiger partial charge < -0.3 is 4.90 Å². The van der Waals surface area contributed by atoms with Crippen LogP contribution in [0, 0.1) is 24.1 Å². The van der Waals surface area contributed by atoms with Gasteiger partial charge in [0, 0.05) is 37.2 Å². The molecule has 0 aliphatic carbocycles. The number of halogens is 6. The van der Waals surface area contributed by atoms with Gasteiger partial charge in [0.05, 0.1) is 27.2 Å². The molecule has 10 heteroatoms. The Hall–Kier alpha value is -3.12. The average Bonchev–Trinajstić information content (AvgIpc) is 3.30. The highest BCUT2D eigenvalue weighted by atomic mass is 35.5. The number of likely N-dealkylation sites (tertiary alicyclic amines) is 1. The van der Waals surface area contributed by atoms with Crippen molar-refractivity contribution in [2.45, 2.75) is 31.6 Å². The Morgan fingerprint density at radius 3 is 2.42 bits per heavy atom. The second kappa shape index (κ2) is 10.9. The fourth-order valence-corrected chi connectivity index (χ4v) is 5.17. The molecule has 0 unspecified atom stereocenters. The first-order valence-corrected chi connectivity index (χ1v) is 12.5. The van der Waals surface area contributed by atoms with E-state index < -0.39 is 17.6 Å². The lowest BCUT2D eigenvalue weighted by Gasteiger charge is -2.29. The van der Waals surface area contributed by atoms with E-state index in [0.29, 0.717) is 45.4 Å². The first-order chi connectivity index (χ1) is 17.9. The van der Waals surface area contributed by atoms with E-state index >= 15 is 0 Å². The fraction of sp³-hybridized carbons (Fsp3) is 0.286. The molecule has 3 aromatic rings. The minimum absolute atomic E-state index is 0.162. The zero-order valence-electron chi connectivity index (χ0n) is 20.5. The van der Waals surface area contributed by atoms with Crippen LogP contribution in [0.15, 0.2) is 54.6 Å². The molecule has 4 nitrogen and oxygen atoms in total. The van der Waals surface area contributed by atoms with Gasteiger partial charge in [0.1, 0.15) is 5.82 Å². The summed E-state index contributed by atoms with van der Waals surface area (Å²) in [5.41, 5.74) is 1.53. The predicted molar refractivity (Wildman–Crippen MR) is 138 cm³/mol. The number of benzene rings is 3. The molecule has 0 spiro atoms. The SMILES string of the molecule is Cc1cc(C(=O)N2C[C@H](c3ccc(Cl)c(Cl)c3)[C@H](N(C)Cc3ccc(C(F)(F)F)c(F)c3)C2)ccc1C#N. The Labute approximate surface area is 228 Å². The van der Waals surface area contributed by atoms with Crippen LogP contribution >= 0.6 is 23.2 Å². The van der Waals surface area contributed by atoms with E-state index in [1.165, 1.54) is 6.07 Å². The summed E-state index contributed by atoms with van der Waals surface area (Å²) < 4.78 is 53.2. The van der Waals surface area contributed by atoms with E-state index in [-0.39, 0.29) is 24.4 Å². The van der Waals surface area contributed by atoms with E-state index in [2.05, 4.69) is 6.07 Å². The highest BCUT2D eigenvalue weighted by Gasteiger charge is 2.39. The minimum atomic E-state index is -4.77. The number of aryl methyl sites for hydroxylation is 1. The van der Waals surface area contributed by atoms with Gasteiger partial charge >= 0.3 is 6.18 Å². The molecule has 0 radical (unpaired) electrons. The molecule has 1 aliphatic heterocycles. The standard InChI is InChI=1S/C28H23Cl2F4N3O/c1-16-9-19(4-5-20(16)12-35)27(38)37-14-21(18-6-8-23(29)24(30)11-18)26(15-37)36(2)13-17-3-7-22(25(31)10-17)28(32,33)34/h3-11,21,26H,13-15H2,1-2H3/t21-,26-/m1/s1. The van der Waals surface area contributed by atoms with Gasteiger partial charge in [-0.05, 0) is 73.1 Å². The van der Waals surface area contributed by atoms with Crippen LogP contribution in [0.4, 0.5) is 17.6 Å². The topological polar surface area (TPSA) is 47.3 Å². The molecule has 0 saturated carbocycles. The average molecular weight is 564 g/mol. The zero-order valence-corrected chi connectivity index (χ0v) is 22.0. The Kier molecular flexibility index (Phi) is 8.03. The van der Waals surface area contributed by atoms with Gasteiger partial charge in [0.25, 0.3) is 5.91 Å². The van der Waals surface area contributed by atoms with Crippen molar-refractivity contribution in [3.63, 3.8) is 0 Å². The third-order valence-corrected chi connectivity index (χ3v) is 7.62. The summed E-state index contributed by atoms with van der Waals surface area (Å²) in [4.78, 5) is 17.0. The predicted octanol–water partition coefficient (Wildman–Crippen LogP) is 7.07. The fourth-order valence-electron chi connectivity index (χ4n) is 4.87. The van der Waals surface area contributed by atoms with Crippen molar-refractivity contribution in [3.05, 3.63) is 104 Å². The van der Waals surface area contributed by atoms with Crippen molar-refractivity contribution >= 4 is 29.1 Å². The molecular formula is C28H23Cl2F4N3O. The van der Waals surface area contributed by atoms with Gasteiger partial charge in [-0.15, -0.1) is 0 Å². The maximum Gasteiger partial charge on any atom is 0.419 e. The lowest BCUT2D eigenvalue weighted by atomic mass is 9.93. The maximum absolute atomic E-state index is 14.2. The Morgan fingerprint density at radius 2 is 1.82 bits per heavy atom. The lowest BCUT2D eigenvalue weighted by Crippen LogP contribution is -2.38. The number of likely N-dealkylation sites (N-methyl/N-ethyl adjacent to an activating group) is 1. The molecule has 3 aromatic carbocycles. The number of amides is 1. The Morgan fingerprint density at radius 1 is 1.08 bits per heavy atom. The summed E-state index contributed by atoms with van der Waals surface area (Å²) in [7, 11) is 1.78. The number of hydrogen-bond donors (Lipinski definition) is 0. The Balaban J connectivity index is 1.62. The molecule has 0 bridgehead atoms. The van der Waals surface area contributed by atoms with Crippen molar-refractivity contribution in [2.75, 3.05) is 20.1 Å². The van der Waals surface area contributed by atoms with E-state index in [1.54, 1.807) is 49.2 Å². The molecule has 1 aliphatic rings. The molecular weight excluding hydrogens is 541 g/mol. The third kappa shape index (κ3) is 5.80. The molecule has 38 heavy (non-hydrogen) atoms. The van der Waals surface area contributed by atoms with Crippen LogP contribution in [0.5, 0.6) is 0 Å². The largest absolute Gasteiger partial charge is 0.419 e. The van der Waals surface area contributed by atoms with Gasteiger partial charge in [-0.25, -0.2) is 4.39 Å². The molecule has 0 aromatic heterocycles. The maximum atomic E-state index is 14.2. The monoisotopic (exact) mass is 563 g/mol. The van der Waals surface area contributed by atoms with Crippen LogP contribution in [-0.4, -0.2) is 41.9 Å². The first kappa shape index (κ1) is 27.9. The zero-order chi connectivity index (χ0) is 27.8. The summed E-state index contributed by atoms with van der Waals surface area (Å²) in [5, 5.41) is 9.95. The van der Waals surface area contributed by atoms with Crippen molar-refractivity contribution in [1.82, 2.24) is 9.80 Å². The number of rotatable bonds is 5. The van der Waals surface area contributed by atoms with Gasteiger partial charge in [0.2, 0.25) is 0 Å².